The van der Waals surface area contributed by atoms with Crippen molar-refractivity contribution in [2.45, 2.75) is 25.6 Å². The molecular weight excluding hydrogens is 303 g/mol. The number of aromatic nitrogens is 2. The van der Waals surface area contributed by atoms with Crippen LogP contribution in [-0.4, -0.2) is 41.4 Å². The van der Waals surface area contributed by atoms with Crippen LogP contribution in [0.2, 0.25) is 0 Å². The number of nitrogens with one attached hydrogen (secondary N) is 1. The molecule has 0 aliphatic carbocycles. The van der Waals surface area contributed by atoms with Crippen molar-refractivity contribution in [3.8, 4) is 0 Å². The summed E-state index contributed by atoms with van der Waals surface area (Å²) in [6.45, 7) is 2.59. The SMILES string of the molecule is Cc1ccsc1C(=O)NC[C@@H]1C[C@H](F)CN1c1cccnn1. The fraction of sp³-hybridized carbons (Fsp3) is 0.400. The average molecular weight is 320 g/mol. The Kier molecular flexibility index (Phi) is 4.33. The third-order valence-electron chi connectivity index (χ3n) is 3.78. The van der Waals surface area contributed by atoms with Gasteiger partial charge in [0.15, 0.2) is 5.82 Å². The van der Waals surface area contributed by atoms with E-state index in [-0.39, 0.29) is 18.5 Å². The normalized spacial score (nSPS) is 21.1. The summed E-state index contributed by atoms with van der Waals surface area (Å²) < 4.78 is 13.8. The quantitative estimate of drug-likeness (QED) is 0.938. The Balaban J connectivity index is 1.66. The molecule has 22 heavy (non-hydrogen) atoms. The molecule has 0 unspecified atom stereocenters. The van der Waals surface area contributed by atoms with Gasteiger partial charge in [-0.25, -0.2) is 4.39 Å². The van der Waals surface area contributed by atoms with E-state index < -0.39 is 6.17 Å². The molecule has 5 nitrogen and oxygen atoms in total. The van der Waals surface area contributed by atoms with Gasteiger partial charge in [0.25, 0.3) is 5.91 Å². The van der Waals surface area contributed by atoms with Gasteiger partial charge in [0.05, 0.1) is 17.5 Å². The smallest absolute Gasteiger partial charge is 0.261 e. The number of anilines is 1. The molecule has 1 aliphatic heterocycles. The van der Waals surface area contributed by atoms with E-state index >= 15 is 0 Å². The minimum Gasteiger partial charge on any atom is -0.349 e. The molecule has 0 aromatic carbocycles. The number of amides is 1. The van der Waals surface area contributed by atoms with Crippen LogP contribution in [0.15, 0.2) is 29.8 Å². The van der Waals surface area contributed by atoms with Gasteiger partial charge in [0.2, 0.25) is 0 Å². The number of hydrogen-bond donors (Lipinski definition) is 1. The monoisotopic (exact) mass is 320 g/mol. The predicted molar refractivity (Wildman–Crippen MR) is 84.1 cm³/mol. The first-order chi connectivity index (χ1) is 10.6. The summed E-state index contributed by atoms with van der Waals surface area (Å²) in [6, 6.07) is 5.40. The van der Waals surface area contributed by atoms with E-state index in [0.717, 1.165) is 5.56 Å². The number of nitrogens with zero attached hydrogens (tertiary/aromatic N) is 3. The van der Waals surface area contributed by atoms with Gasteiger partial charge in [-0.15, -0.1) is 16.4 Å². The van der Waals surface area contributed by atoms with Gasteiger partial charge in [-0.1, -0.05) is 0 Å². The molecule has 2 atom stereocenters. The molecule has 0 saturated carbocycles. The van der Waals surface area contributed by atoms with E-state index in [1.165, 1.54) is 11.3 Å². The molecule has 3 heterocycles. The Morgan fingerprint density at radius 1 is 1.55 bits per heavy atom. The second-order valence-corrected chi connectivity index (χ2v) is 6.28. The number of carbonyl (C=O) groups is 1. The van der Waals surface area contributed by atoms with Crippen LogP contribution in [0.3, 0.4) is 0 Å². The molecule has 1 aliphatic rings. The second-order valence-electron chi connectivity index (χ2n) is 5.36. The Morgan fingerprint density at radius 3 is 3.09 bits per heavy atom. The molecule has 2 aromatic heterocycles. The van der Waals surface area contributed by atoms with E-state index in [4.69, 9.17) is 0 Å². The third-order valence-corrected chi connectivity index (χ3v) is 4.80. The lowest BCUT2D eigenvalue weighted by molar-refractivity contribution is 0.0954. The number of halogens is 1. The Labute approximate surface area is 132 Å². The molecule has 1 N–H and O–H groups in total. The molecule has 1 saturated heterocycles. The molecular formula is C15H17FN4OS. The van der Waals surface area contributed by atoms with Gasteiger partial charge >= 0.3 is 0 Å². The first-order valence-corrected chi connectivity index (χ1v) is 8.04. The van der Waals surface area contributed by atoms with Gasteiger partial charge in [0.1, 0.15) is 6.17 Å². The summed E-state index contributed by atoms with van der Waals surface area (Å²) in [7, 11) is 0. The molecule has 116 valence electrons. The van der Waals surface area contributed by atoms with Gasteiger partial charge in [-0.05, 0) is 36.1 Å². The van der Waals surface area contributed by atoms with Crippen molar-refractivity contribution < 1.29 is 9.18 Å². The van der Waals surface area contributed by atoms with Crippen LogP contribution in [0.5, 0.6) is 0 Å². The maximum absolute atomic E-state index is 13.8. The number of rotatable bonds is 4. The Bertz CT molecular complexity index is 648. The highest BCUT2D eigenvalue weighted by molar-refractivity contribution is 7.12. The summed E-state index contributed by atoms with van der Waals surface area (Å²) in [5, 5.41) is 12.7. The van der Waals surface area contributed by atoms with Crippen molar-refractivity contribution in [1.29, 1.82) is 0 Å². The summed E-state index contributed by atoms with van der Waals surface area (Å²) in [5.41, 5.74) is 0.961. The maximum Gasteiger partial charge on any atom is 0.261 e. The summed E-state index contributed by atoms with van der Waals surface area (Å²) in [5.74, 6) is 0.545. The zero-order valence-corrected chi connectivity index (χ0v) is 13.0. The minimum atomic E-state index is -0.910. The zero-order chi connectivity index (χ0) is 15.5. The lowest BCUT2D eigenvalue weighted by Gasteiger charge is -2.24. The summed E-state index contributed by atoms with van der Waals surface area (Å²) in [6.07, 6.45) is 1.07. The fourth-order valence-electron chi connectivity index (χ4n) is 2.68. The van der Waals surface area contributed by atoms with Crippen molar-refractivity contribution in [3.63, 3.8) is 0 Å². The average Bonchev–Trinajstić information content (AvgIpc) is 3.11. The van der Waals surface area contributed by atoms with Crippen LogP contribution < -0.4 is 10.2 Å². The maximum atomic E-state index is 13.8. The molecule has 3 rings (SSSR count). The lowest BCUT2D eigenvalue weighted by atomic mass is 10.2. The number of carbonyl (C=O) groups excluding carboxylic acids is 1. The van der Waals surface area contributed by atoms with E-state index in [2.05, 4.69) is 15.5 Å². The van der Waals surface area contributed by atoms with Crippen LogP contribution in [0.25, 0.3) is 0 Å². The highest BCUT2D eigenvalue weighted by Crippen LogP contribution is 2.25. The van der Waals surface area contributed by atoms with Crippen LogP contribution in [0, 0.1) is 6.92 Å². The summed E-state index contributed by atoms with van der Waals surface area (Å²) in [4.78, 5) is 14.8. The number of thiophene rings is 1. The van der Waals surface area contributed by atoms with Gasteiger partial charge in [0, 0.05) is 19.2 Å². The first-order valence-electron chi connectivity index (χ1n) is 7.16. The van der Waals surface area contributed by atoms with E-state index in [0.29, 0.717) is 23.7 Å². The third kappa shape index (κ3) is 3.09. The largest absolute Gasteiger partial charge is 0.349 e. The Morgan fingerprint density at radius 2 is 2.41 bits per heavy atom. The number of alkyl halides is 1. The topological polar surface area (TPSA) is 58.1 Å². The molecule has 0 bridgehead atoms. The summed E-state index contributed by atoms with van der Waals surface area (Å²) >= 11 is 1.42. The number of hydrogen-bond acceptors (Lipinski definition) is 5. The van der Waals surface area contributed by atoms with Crippen LogP contribution in [0.4, 0.5) is 10.2 Å². The molecule has 0 radical (unpaired) electrons. The molecule has 7 heteroatoms. The van der Waals surface area contributed by atoms with E-state index in [9.17, 15) is 9.18 Å². The first kappa shape index (κ1) is 14.9. The van der Waals surface area contributed by atoms with E-state index in [1.54, 1.807) is 12.3 Å². The van der Waals surface area contributed by atoms with Gasteiger partial charge < -0.3 is 10.2 Å². The van der Waals surface area contributed by atoms with E-state index in [1.807, 2.05) is 29.3 Å². The van der Waals surface area contributed by atoms with Crippen LogP contribution >= 0.6 is 11.3 Å². The van der Waals surface area contributed by atoms with Crippen molar-refractivity contribution in [2.75, 3.05) is 18.0 Å². The second kappa shape index (κ2) is 6.39. The predicted octanol–water partition coefficient (Wildman–Crippen LogP) is 2.19. The van der Waals surface area contributed by atoms with Gasteiger partial charge in [-0.3, -0.25) is 4.79 Å². The van der Waals surface area contributed by atoms with Crippen LogP contribution in [0.1, 0.15) is 21.7 Å². The van der Waals surface area contributed by atoms with Crippen molar-refractivity contribution in [1.82, 2.24) is 15.5 Å². The van der Waals surface area contributed by atoms with Crippen molar-refractivity contribution in [3.05, 3.63) is 40.2 Å². The van der Waals surface area contributed by atoms with Crippen molar-refractivity contribution in [2.24, 2.45) is 0 Å². The van der Waals surface area contributed by atoms with Crippen molar-refractivity contribution >= 4 is 23.1 Å². The Hall–Kier alpha value is -2.02. The molecule has 1 amide bonds. The van der Waals surface area contributed by atoms with Gasteiger partial charge in [-0.2, -0.15) is 5.10 Å². The molecule has 0 spiro atoms. The fourth-order valence-corrected chi connectivity index (χ4v) is 3.52. The molecule has 2 aromatic rings. The standard InChI is InChI=1S/C15H17FN4OS/c1-10-4-6-22-14(10)15(21)17-8-12-7-11(16)9-20(12)13-3-2-5-18-19-13/h2-6,11-12H,7-9H2,1H3,(H,17,21)/t11-,12-/m0/s1. The highest BCUT2D eigenvalue weighted by atomic mass is 32.1. The zero-order valence-electron chi connectivity index (χ0n) is 12.2. The number of aryl methyl sites for hydroxylation is 1. The highest BCUT2D eigenvalue weighted by Gasteiger charge is 2.33. The lowest BCUT2D eigenvalue weighted by Crippen LogP contribution is -2.40. The molecule has 1 fully saturated rings. The minimum absolute atomic E-state index is 0.101. The van der Waals surface area contributed by atoms with Crippen LogP contribution in [-0.2, 0) is 0 Å².